The molecule has 2 N–H and O–H groups in total. The number of rotatable bonds is 14. The molecule has 6 heterocycles. The first kappa shape index (κ1) is 49.3. The van der Waals surface area contributed by atoms with Gasteiger partial charge in [-0.2, -0.15) is 0 Å². The first-order valence-corrected chi connectivity index (χ1v) is 24.2. The number of carbonyl (C=O) groups excluding carboxylic acids is 2. The molecule has 10 rings (SSSR count). The van der Waals surface area contributed by atoms with Crippen molar-refractivity contribution in [2.75, 3.05) is 53.5 Å². The van der Waals surface area contributed by atoms with Crippen LogP contribution in [-0.2, 0) is 35.8 Å². The standard InChI is InChI=1S/2C26H29N3O2.C4H4O4/c2*1-31-25-21-9-5-6-10-22(21)27-23-18-29(26(30)24(23)25)16-13-19-11-14-28(15-12-19)17-20-7-3-2-4-8-20;5-3(6)1-2-4(7)8/h2*2-10,19H,11-18H2,1H3;1-2H,(H,5,6)(H,7,8)/b;;2-1+. The molecule has 0 atom stereocenters. The summed E-state index contributed by atoms with van der Waals surface area (Å²) >= 11 is 0. The summed E-state index contributed by atoms with van der Waals surface area (Å²) in [7, 11) is 3.28. The zero-order chi connectivity index (χ0) is 49.0. The number of methoxy groups -OCH3 is 2. The molecule has 0 radical (unpaired) electrons. The lowest BCUT2D eigenvalue weighted by Crippen LogP contribution is -2.35. The number of fused-ring (bicyclic) bond motifs is 4. The van der Waals surface area contributed by atoms with Crippen LogP contribution in [0.3, 0.4) is 0 Å². The van der Waals surface area contributed by atoms with E-state index in [1.54, 1.807) is 14.2 Å². The number of nitrogens with zero attached hydrogens (tertiary/aromatic N) is 6. The van der Waals surface area contributed by atoms with Gasteiger partial charge in [0.15, 0.2) is 0 Å². The highest BCUT2D eigenvalue weighted by atomic mass is 16.5. The largest absolute Gasteiger partial charge is 0.495 e. The molecule has 70 heavy (non-hydrogen) atoms. The number of aromatic nitrogens is 2. The van der Waals surface area contributed by atoms with E-state index in [4.69, 9.17) is 29.7 Å². The molecule has 2 saturated heterocycles. The van der Waals surface area contributed by atoms with E-state index in [0.717, 1.165) is 98.4 Å². The number of ether oxygens (including phenoxy) is 2. The van der Waals surface area contributed by atoms with Crippen molar-refractivity contribution in [2.45, 2.75) is 64.7 Å². The van der Waals surface area contributed by atoms with Gasteiger partial charge in [0.2, 0.25) is 0 Å². The minimum absolute atomic E-state index is 0.0617. The second-order valence-corrected chi connectivity index (χ2v) is 18.4. The van der Waals surface area contributed by atoms with E-state index in [-0.39, 0.29) is 11.8 Å². The van der Waals surface area contributed by atoms with Crippen molar-refractivity contribution in [3.8, 4) is 11.5 Å². The van der Waals surface area contributed by atoms with Gasteiger partial charge < -0.3 is 29.5 Å². The SMILES string of the molecule is COc1c2c(nc3ccccc13)CN(CCC1CCN(Cc3ccccc3)CC1)C2=O.COc1c2c(nc3ccccc13)CN(CCC1CCN(Cc3ccccc3)CC1)C2=O.O=C(O)/C=C/C(=O)O. The maximum atomic E-state index is 13.1. The minimum atomic E-state index is -1.26. The molecule has 0 spiro atoms. The highest BCUT2D eigenvalue weighted by molar-refractivity contribution is 6.06. The van der Waals surface area contributed by atoms with Crippen LogP contribution in [0.25, 0.3) is 21.8 Å². The second kappa shape index (κ2) is 23.4. The Labute approximate surface area is 409 Å². The molecule has 6 aromatic rings. The molecule has 364 valence electrons. The Morgan fingerprint density at radius 2 is 0.914 bits per heavy atom. The van der Waals surface area contributed by atoms with Crippen LogP contribution in [0.1, 0.15) is 81.8 Å². The molecule has 4 aliphatic heterocycles. The third kappa shape index (κ3) is 12.2. The number of para-hydroxylation sites is 2. The molecule has 2 amide bonds. The van der Waals surface area contributed by atoms with E-state index in [9.17, 15) is 19.2 Å². The van der Waals surface area contributed by atoms with E-state index in [2.05, 4.69) is 70.5 Å². The van der Waals surface area contributed by atoms with Gasteiger partial charge in [-0.25, -0.2) is 19.6 Å². The molecule has 2 fully saturated rings. The number of hydrogen-bond acceptors (Lipinski definition) is 10. The van der Waals surface area contributed by atoms with Crippen LogP contribution in [0.15, 0.2) is 121 Å². The van der Waals surface area contributed by atoms with Crippen LogP contribution in [0.2, 0.25) is 0 Å². The lowest BCUT2D eigenvalue weighted by Gasteiger charge is -2.32. The summed E-state index contributed by atoms with van der Waals surface area (Å²) in [6.45, 7) is 9.35. The van der Waals surface area contributed by atoms with E-state index in [1.165, 1.54) is 36.8 Å². The van der Waals surface area contributed by atoms with Gasteiger partial charge in [-0.1, -0.05) is 84.9 Å². The van der Waals surface area contributed by atoms with Crippen molar-refractivity contribution in [1.82, 2.24) is 29.6 Å². The summed E-state index contributed by atoms with van der Waals surface area (Å²) in [5, 5.41) is 17.4. The zero-order valence-corrected chi connectivity index (χ0v) is 40.0. The second-order valence-electron chi connectivity index (χ2n) is 18.4. The van der Waals surface area contributed by atoms with Crippen LogP contribution >= 0.6 is 0 Å². The number of amides is 2. The van der Waals surface area contributed by atoms with E-state index >= 15 is 0 Å². The van der Waals surface area contributed by atoms with Gasteiger partial charge in [0.05, 0.1) is 49.7 Å². The van der Waals surface area contributed by atoms with Gasteiger partial charge >= 0.3 is 11.9 Å². The number of pyridine rings is 2. The van der Waals surface area contributed by atoms with Crippen LogP contribution in [-0.4, -0.2) is 117 Å². The van der Waals surface area contributed by atoms with Crippen molar-refractivity contribution in [3.05, 3.63) is 155 Å². The molecule has 0 aliphatic carbocycles. The Morgan fingerprint density at radius 3 is 1.27 bits per heavy atom. The van der Waals surface area contributed by atoms with Crippen molar-refractivity contribution in [2.24, 2.45) is 11.8 Å². The van der Waals surface area contributed by atoms with Gasteiger partial charge in [-0.15, -0.1) is 0 Å². The number of likely N-dealkylation sites (tertiary alicyclic amines) is 2. The molecule has 0 bridgehead atoms. The summed E-state index contributed by atoms with van der Waals surface area (Å²) < 4.78 is 11.3. The molecule has 0 unspecified atom stereocenters. The Bertz CT molecular complexity index is 2620. The first-order valence-electron chi connectivity index (χ1n) is 24.2. The average molecular weight is 947 g/mol. The average Bonchev–Trinajstić information content (AvgIpc) is 3.88. The lowest BCUT2D eigenvalue weighted by atomic mass is 9.93. The van der Waals surface area contributed by atoms with Crippen LogP contribution in [0.4, 0.5) is 0 Å². The van der Waals surface area contributed by atoms with Crippen LogP contribution < -0.4 is 9.47 Å². The van der Waals surface area contributed by atoms with Gasteiger partial charge in [0, 0.05) is 49.1 Å². The Balaban J connectivity index is 0.000000163. The molecule has 0 saturated carbocycles. The van der Waals surface area contributed by atoms with E-state index in [0.29, 0.717) is 59.7 Å². The smallest absolute Gasteiger partial charge is 0.328 e. The summed E-state index contributed by atoms with van der Waals surface area (Å²) in [5.74, 6) is 0.303. The van der Waals surface area contributed by atoms with Crippen molar-refractivity contribution >= 4 is 45.6 Å². The molecule has 4 aromatic carbocycles. The lowest BCUT2D eigenvalue weighted by molar-refractivity contribution is -0.134. The maximum Gasteiger partial charge on any atom is 0.328 e. The highest BCUT2D eigenvalue weighted by Gasteiger charge is 2.35. The summed E-state index contributed by atoms with van der Waals surface area (Å²) in [5.41, 5.74) is 7.54. The predicted octanol–water partition coefficient (Wildman–Crippen LogP) is 8.71. The number of benzene rings is 4. The van der Waals surface area contributed by atoms with E-state index in [1.807, 2.05) is 58.3 Å². The number of carbonyl (C=O) groups is 4. The number of hydrogen-bond donors (Lipinski definition) is 2. The normalized spacial score (nSPS) is 16.4. The minimum Gasteiger partial charge on any atom is -0.495 e. The third-order valence-corrected chi connectivity index (χ3v) is 13.8. The highest BCUT2D eigenvalue weighted by Crippen LogP contribution is 2.38. The molecule has 14 heteroatoms. The molecular formula is C56H62N6O8. The Morgan fingerprint density at radius 1 is 0.557 bits per heavy atom. The summed E-state index contributed by atoms with van der Waals surface area (Å²) in [6, 6.07) is 37.2. The van der Waals surface area contributed by atoms with Crippen molar-refractivity contribution in [1.29, 1.82) is 0 Å². The van der Waals surface area contributed by atoms with Crippen molar-refractivity contribution < 1.29 is 38.9 Å². The summed E-state index contributed by atoms with van der Waals surface area (Å²) in [4.78, 5) is 63.9. The molecule has 4 aliphatic rings. The quantitative estimate of drug-likeness (QED) is 0.1000. The van der Waals surface area contributed by atoms with Gasteiger partial charge in [0.1, 0.15) is 22.6 Å². The monoisotopic (exact) mass is 946 g/mol. The first-order chi connectivity index (χ1) is 34.1. The molecule has 2 aromatic heterocycles. The Kier molecular flexibility index (Phi) is 16.5. The number of piperidine rings is 2. The van der Waals surface area contributed by atoms with Crippen molar-refractivity contribution in [3.63, 3.8) is 0 Å². The van der Waals surface area contributed by atoms with E-state index < -0.39 is 11.9 Å². The fraction of sp³-hybridized carbons (Fsp3) is 0.357. The topological polar surface area (TPSA) is 166 Å². The van der Waals surface area contributed by atoms with Gasteiger partial charge in [0.25, 0.3) is 11.8 Å². The zero-order valence-electron chi connectivity index (χ0n) is 40.0. The molecule has 14 nitrogen and oxygen atoms in total. The van der Waals surface area contributed by atoms with Gasteiger partial charge in [-0.05, 0) is 112 Å². The number of carboxylic acid groups (broad SMARTS) is 2. The maximum absolute atomic E-state index is 13.1. The molecular weight excluding hydrogens is 885 g/mol. The fourth-order valence-corrected chi connectivity index (χ4v) is 10.1. The van der Waals surface area contributed by atoms with Crippen LogP contribution in [0.5, 0.6) is 11.5 Å². The third-order valence-electron chi connectivity index (χ3n) is 13.8. The van der Waals surface area contributed by atoms with Crippen LogP contribution in [0, 0.1) is 11.8 Å². The summed E-state index contributed by atoms with van der Waals surface area (Å²) in [6.07, 6.45) is 8.03. The Hall–Kier alpha value is -7.16. The number of carboxylic acids is 2. The number of aliphatic carboxylic acids is 2. The fourth-order valence-electron chi connectivity index (χ4n) is 10.1. The van der Waals surface area contributed by atoms with Gasteiger partial charge in [-0.3, -0.25) is 19.4 Å². The predicted molar refractivity (Wildman–Crippen MR) is 269 cm³/mol.